The van der Waals surface area contributed by atoms with Gasteiger partial charge in [0.15, 0.2) is 0 Å². The molecular formula is C17H30O4. The largest absolute Gasteiger partial charge is 0.481 e. The highest BCUT2D eigenvalue weighted by molar-refractivity contribution is 5.72. The maximum absolute atomic E-state index is 11.1. The quantitative estimate of drug-likeness (QED) is 0.786. The Morgan fingerprint density at radius 2 is 1.19 bits per heavy atom. The van der Waals surface area contributed by atoms with Gasteiger partial charge in [-0.2, -0.15) is 0 Å². The third-order valence-corrected chi connectivity index (χ3v) is 4.92. The Morgan fingerprint density at radius 1 is 0.810 bits per heavy atom. The van der Waals surface area contributed by atoms with Gasteiger partial charge in [-0.3, -0.25) is 9.59 Å². The summed E-state index contributed by atoms with van der Waals surface area (Å²) in [6.07, 6.45) is 8.36. The van der Waals surface area contributed by atoms with Gasteiger partial charge in [-0.25, -0.2) is 0 Å². The molecule has 21 heavy (non-hydrogen) atoms. The molecular weight excluding hydrogens is 268 g/mol. The topological polar surface area (TPSA) is 63.6 Å². The summed E-state index contributed by atoms with van der Waals surface area (Å²) in [5, 5.41) is 8.62. The fourth-order valence-electron chi connectivity index (χ4n) is 3.17. The van der Waals surface area contributed by atoms with Crippen LogP contribution < -0.4 is 0 Å². The van der Waals surface area contributed by atoms with Gasteiger partial charge >= 0.3 is 11.9 Å². The van der Waals surface area contributed by atoms with E-state index in [-0.39, 0.29) is 17.8 Å². The van der Waals surface area contributed by atoms with Crippen LogP contribution in [0.5, 0.6) is 0 Å². The molecule has 0 amide bonds. The number of aliphatic carboxylic acids is 1. The first-order valence-corrected chi connectivity index (χ1v) is 8.24. The van der Waals surface area contributed by atoms with Crippen LogP contribution in [0, 0.1) is 23.7 Å². The number of carboxylic acids is 1. The molecule has 0 heterocycles. The molecule has 2 saturated carbocycles. The second-order valence-corrected chi connectivity index (χ2v) is 6.77. The first-order chi connectivity index (χ1) is 9.93. The smallest absolute Gasteiger partial charge is 0.308 e. The average molecular weight is 298 g/mol. The van der Waals surface area contributed by atoms with Gasteiger partial charge in [0, 0.05) is 0 Å². The number of rotatable bonds is 2. The van der Waals surface area contributed by atoms with Crippen molar-refractivity contribution in [3.8, 4) is 0 Å². The van der Waals surface area contributed by atoms with Crippen molar-refractivity contribution >= 4 is 11.9 Å². The molecule has 0 aromatic rings. The predicted molar refractivity (Wildman–Crippen MR) is 81.9 cm³/mol. The minimum Gasteiger partial charge on any atom is -0.481 e. The van der Waals surface area contributed by atoms with Crippen LogP contribution in [0.15, 0.2) is 0 Å². The van der Waals surface area contributed by atoms with Crippen molar-refractivity contribution in [3.05, 3.63) is 0 Å². The van der Waals surface area contributed by atoms with Crippen LogP contribution in [-0.4, -0.2) is 24.2 Å². The van der Waals surface area contributed by atoms with E-state index in [1.807, 2.05) is 0 Å². The molecule has 2 rings (SSSR count). The third kappa shape index (κ3) is 6.49. The molecule has 0 atom stereocenters. The molecule has 1 N–H and O–H groups in total. The van der Waals surface area contributed by atoms with Crippen molar-refractivity contribution in [1.82, 2.24) is 0 Å². The molecule has 0 spiro atoms. The summed E-state index contributed by atoms with van der Waals surface area (Å²) >= 11 is 0. The van der Waals surface area contributed by atoms with E-state index in [9.17, 15) is 9.59 Å². The van der Waals surface area contributed by atoms with Crippen molar-refractivity contribution in [2.75, 3.05) is 7.11 Å². The first kappa shape index (κ1) is 18.0. The van der Waals surface area contributed by atoms with E-state index in [1.165, 1.54) is 20.0 Å². The Balaban J connectivity index is 0.000000211. The summed E-state index contributed by atoms with van der Waals surface area (Å²) < 4.78 is 4.69. The van der Waals surface area contributed by atoms with Gasteiger partial charge in [0.2, 0.25) is 0 Å². The van der Waals surface area contributed by atoms with E-state index >= 15 is 0 Å². The summed E-state index contributed by atoms with van der Waals surface area (Å²) in [5.41, 5.74) is 0. The van der Waals surface area contributed by atoms with Crippen LogP contribution in [0.4, 0.5) is 0 Å². The minimum absolute atomic E-state index is 0.0168. The van der Waals surface area contributed by atoms with Crippen LogP contribution in [0.1, 0.15) is 65.2 Å². The predicted octanol–water partition coefficient (Wildman–Crippen LogP) is 3.88. The number of hydrogen-bond acceptors (Lipinski definition) is 3. The molecule has 122 valence electrons. The number of carbonyl (C=O) groups is 2. The van der Waals surface area contributed by atoms with Gasteiger partial charge in [-0.15, -0.1) is 0 Å². The molecule has 0 unspecified atom stereocenters. The van der Waals surface area contributed by atoms with Gasteiger partial charge in [-0.1, -0.05) is 13.8 Å². The summed E-state index contributed by atoms with van der Waals surface area (Å²) in [5.74, 6) is 1.07. The molecule has 0 radical (unpaired) electrons. The molecule has 0 aliphatic heterocycles. The third-order valence-electron chi connectivity index (χ3n) is 4.92. The zero-order chi connectivity index (χ0) is 15.8. The van der Waals surface area contributed by atoms with Gasteiger partial charge in [0.1, 0.15) is 0 Å². The molecule has 0 aromatic heterocycles. The first-order valence-electron chi connectivity index (χ1n) is 8.24. The van der Waals surface area contributed by atoms with Crippen LogP contribution >= 0.6 is 0 Å². The van der Waals surface area contributed by atoms with E-state index in [2.05, 4.69) is 18.6 Å². The van der Waals surface area contributed by atoms with Crippen LogP contribution in [0.25, 0.3) is 0 Å². The van der Waals surface area contributed by atoms with Crippen molar-refractivity contribution in [2.24, 2.45) is 23.7 Å². The van der Waals surface area contributed by atoms with E-state index in [1.54, 1.807) is 0 Å². The highest BCUT2D eigenvalue weighted by Crippen LogP contribution is 2.29. The Morgan fingerprint density at radius 3 is 1.52 bits per heavy atom. The number of carbonyl (C=O) groups excluding carboxylic acids is 1. The Kier molecular flexibility index (Phi) is 7.76. The second kappa shape index (κ2) is 9.06. The highest BCUT2D eigenvalue weighted by atomic mass is 16.5. The maximum Gasteiger partial charge on any atom is 0.308 e. The molecule has 0 aromatic carbocycles. The number of hydrogen-bond donors (Lipinski definition) is 1. The fraction of sp³-hybridized carbons (Fsp3) is 0.882. The molecule has 0 bridgehead atoms. The number of ether oxygens (including phenoxy) is 1. The number of methoxy groups -OCH3 is 1. The second-order valence-electron chi connectivity index (χ2n) is 6.77. The summed E-state index contributed by atoms with van der Waals surface area (Å²) in [6, 6.07) is 0. The summed E-state index contributed by atoms with van der Waals surface area (Å²) in [4.78, 5) is 21.5. The highest BCUT2D eigenvalue weighted by Gasteiger charge is 2.24. The van der Waals surface area contributed by atoms with Gasteiger partial charge < -0.3 is 9.84 Å². The molecule has 4 heteroatoms. The summed E-state index contributed by atoms with van der Waals surface area (Å²) in [7, 11) is 1.47. The number of carboxylic acid groups (broad SMARTS) is 1. The lowest BCUT2D eigenvalue weighted by Gasteiger charge is -2.23. The Hall–Kier alpha value is -1.06. The lowest BCUT2D eigenvalue weighted by Crippen LogP contribution is -2.21. The lowest BCUT2D eigenvalue weighted by atomic mass is 9.83. The van der Waals surface area contributed by atoms with E-state index < -0.39 is 5.97 Å². The zero-order valence-corrected chi connectivity index (χ0v) is 13.6. The standard InChI is InChI=1S/C9H16O2.C8H14O2/c1-7-3-5-8(6-4-7)9(10)11-2;1-6-2-4-7(5-3-6)8(9)10/h7-8H,3-6H2,1-2H3;6-7H,2-5H2,1H3,(H,9,10). The van der Waals surface area contributed by atoms with E-state index in [4.69, 9.17) is 5.11 Å². The minimum atomic E-state index is -0.605. The maximum atomic E-state index is 11.1. The Bertz CT molecular complexity index is 324. The normalized spacial score (nSPS) is 32.5. The molecule has 0 saturated heterocycles. The molecule has 2 aliphatic carbocycles. The van der Waals surface area contributed by atoms with Crippen LogP contribution in [0.3, 0.4) is 0 Å². The molecule has 2 fully saturated rings. The monoisotopic (exact) mass is 298 g/mol. The zero-order valence-electron chi connectivity index (χ0n) is 13.6. The summed E-state index contributed by atoms with van der Waals surface area (Å²) in [6.45, 7) is 4.44. The van der Waals surface area contributed by atoms with Crippen molar-refractivity contribution in [1.29, 1.82) is 0 Å². The van der Waals surface area contributed by atoms with Gasteiger partial charge in [0.05, 0.1) is 18.9 Å². The SMILES string of the molecule is CC1CCC(C(=O)O)CC1.COC(=O)C1CCC(C)CC1. The van der Waals surface area contributed by atoms with Crippen LogP contribution in [-0.2, 0) is 14.3 Å². The van der Waals surface area contributed by atoms with Gasteiger partial charge in [-0.05, 0) is 63.2 Å². The molecule has 4 nitrogen and oxygen atoms in total. The van der Waals surface area contributed by atoms with Gasteiger partial charge in [0.25, 0.3) is 0 Å². The van der Waals surface area contributed by atoms with Crippen molar-refractivity contribution in [3.63, 3.8) is 0 Å². The van der Waals surface area contributed by atoms with E-state index in [0.717, 1.165) is 50.4 Å². The molecule has 2 aliphatic rings. The fourth-order valence-corrected chi connectivity index (χ4v) is 3.17. The van der Waals surface area contributed by atoms with Crippen molar-refractivity contribution in [2.45, 2.75) is 65.2 Å². The van der Waals surface area contributed by atoms with Crippen molar-refractivity contribution < 1.29 is 19.4 Å². The Labute approximate surface area is 128 Å². The van der Waals surface area contributed by atoms with E-state index in [0.29, 0.717) is 0 Å². The lowest BCUT2D eigenvalue weighted by molar-refractivity contribution is -0.147. The average Bonchev–Trinajstić information content (AvgIpc) is 2.48. The number of esters is 1. The van der Waals surface area contributed by atoms with Crippen LogP contribution in [0.2, 0.25) is 0 Å².